The van der Waals surface area contributed by atoms with E-state index in [1.165, 1.54) is 0 Å². The zero-order valence-corrected chi connectivity index (χ0v) is 38.6. The zero-order chi connectivity index (χ0) is 52.2. The van der Waals surface area contributed by atoms with Crippen molar-refractivity contribution in [1.82, 2.24) is 9.55 Å². The smallest absolute Gasteiger partial charge is 0.135 e. The number of para-hydroxylation sites is 4. The number of pyridine rings is 1. The minimum atomic E-state index is -0.711. The molecule has 8 aromatic carbocycles. The molecular weight excluding hydrogens is 972 g/mol. The van der Waals surface area contributed by atoms with E-state index in [9.17, 15) is 0 Å². The van der Waals surface area contributed by atoms with Gasteiger partial charge >= 0.3 is 0 Å². The van der Waals surface area contributed by atoms with Gasteiger partial charge in [0.1, 0.15) is 5.82 Å². The minimum Gasteiger partial charge on any atom is -0.493 e. The molecule has 0 radical (unpaired) electrons. The molecule has 0 aliphatic carbocycles. The van der Waals surface area contributed by atoms with Gasteiger partial charge in [-0.15, -0.1) is 29.4 Å². The van der Waals surface area contributed by atoms with Gasteiger partial charge in [0.25, 0.3) is 0 Å². The summed E-state index contributed by atoms with van der Waals surface area (Å²) in [6, 6.07) is 42.3. The molecule has 2 aromatic heterocycles. The number of nitrogens with zero attached hydrogens (tertiary/aromatic N) is 4. The average Bonchev–Trinajstić information content (AvgIpc) is 3.95. The Kier molecular flexibility index (Phi) is 8.24. The fourth-order valence-electron chi connectivity index (χ4n) is 9.38. The summed E-state index contributed by atoms with van der Waals surface area (Å²) >= 11 is 0. The minimum absolute atomic E-state index is 0. The molecule has 0 atom stereocenters. The first-order chi connectivity index (χ1) is 35.4. The fraction of sp³-hybridized carbons (Fsp3) is 0.100. The Morgan fingerprint density at radius 1 is 0.585 bits per heavy atom. The van der Waals surface area contributed by atoms with Crippen LogP contribution in [0.15, 0.2) is 188 Å². The van der Waals surface area contributed by atoms with Crippen molar-refractivity contribution in [2.75, 3.05) is 9.80 Å². The summed E-state index contributed by atoms with van der Waals surface area (Å²) in [7, 11) is 0. The van der Waals surface area contributed by atoms with Crippen molar-refractivity contribution in [2.45, 2.75) is 40.0 Å². The van der Waals surface area contributed by atoms with E-state index < -0.39 is 65.8 Å². The largest absolute Gasteiger partial charge is 0.493 e. The molecular formula is C60H47N4Pt-3. The number of fused-ring (bicyclic) bond motifs is 4. The van der Waals surface area contributed by atoms with Gasteiger partial charge in [-0.1, -0.05) is 152 Å². The molecule has 0 saturated carbocycles. The third-order valence-electron chi connectivity index (χ3n) is 12.3. The molecule has 0 amide bonds. The third-order valence-corrected chi connectivity index (χ3v) is 12.3. The molecule has 4 nitrogen and oxygen atoms in total. The van der Waals surface area contributed by atoms with Gasteiger partial charge in [0.2, 0.25) is 0 Å². The fourth-order valence-corrected chi connectivity index (χ4v) is 9.38. The Hall–Kier alpha value is -7.00. The van der Waals surface area contributed by atoms with Crippen LogP contribution in [-0.2, 0) is 26.5 Å². The number of hydrogen-bond acceptors (Lipinski definition) is 3. The van der Waals surface area contributed by atoms with E-state index in [0.29, 0.717) is 17.1 Å². The van der Waals surface area contributed by atoms with Crippen LogP contribution in [0, 0.1) is 39.6 Å². The van der Waals surface area contributed by atoms with Crippen molar-refractivity contribution in [3.8, 4) is 39.2 Å². The maximum atomic E-state index is 9.17. The van der Waals surface area contributed by atoms with Crippen LogP contribution in [0.4, 0.5) is 22.7 Å². The van der Waals surface area contributed by atoms with Gasteiger partial charge in [-0.2, -0.15) is 41.5 Å². The number of anilines is 4. The van der Waals surface area contributed by atoms with Crippen molar-refractivity contribution in [3.05, 3.63) is 235 Å². The normalized spacial score (nSPS) is 14.6. The Morgan fingerprint density at radius 3 is 1.88 bits per heavy atom. The van der Waals surface area contributed by atoms with E-state index in [1.807, 2.05) is 71.1 Å². The van der Waals surface area contributed by atoms with Crippen molar-refractivity contribution in [2.24, 2.45) is 0 Å². The maximum absolute atomic E-state index is 9.17. The standard InChI is InChI=1S/C60H47N4.Pt/c1-40-33-41(2)58(42(3)34-40)45-35-47(60(4,5)46-30-31-52-51-23-12-13-26-53(51)64(56(52)38-46)57-29-16-17-32-61-57)37-48(36-45)62-39-63(55-28-15-14-27-54(55)62)59-49(43-19-8-6-9-20-43)24-18-25-50(59)44-21-10-7-11-22-44;/h6-36,39H,1-5H3;/q-3;/i6D,7D,8D,9D,10D,11D,19D,20D,21D,22D;. The van der Waals surface area contributed by atoms with Crippen LogP contribution in [0.3, 0.4) is 0 Å². The third kappa shape index (κ3) is 7.27. The van der Waals surface area contributed by atoms with E-state index in [2.05, 4.69) is 99.8 Å². The molecule has 10 aromatic rings. The SMILES string of the molecule is [2H]c1c([2H])c([2H])c(-c2cccc(-c3c([2H])c([2H])c([2H])c([2H])c3[2H])c2N2[CH-]N(c3[c-]c(C(C)(C)c4[c-]c5c(cc4)c4ccccc4n5-c4ccccn4)cc(-c4c(C)cc(C)cc4C)c3)c3ccccc32)c([2H])c1[2H].[Pt]. The molecule has 0 saturated heterocycles. The van der Waals surface area contributed by atoms with Gasteiger partial charge in [0, 0.05) is 61.0 Å². The second-order valence-corrected chi connectivity index (χ2v) is 16.8. The quantitative estimate of drug-likeness (QED) is 0.142. The van der Waals surface area contributed by atoms with Crippen LogP contribution in [0.1, 0.15) is 55.4 Å². The second-order valence-electron chi connectivity index (χ2n) is 16.8. The van der Waals surface area contributed by atoms with Crippen molar-refractivity contribution in [1.29, 1.82) is 0 Å². The van der Waals surface area contributed by atoms with Gasteiger partial charge in [0.15, 0.2) is 0 Å². The van der Waals surface area contributed by atoms with E-state index in [0.717, 1.165) is 66.6 Å². The summed E-state index contributed by atoms with van der Waals surface area (Å²) < 4.78 is 90.5. The van der Waals surface area contributed by atoms with Gasteiger partial charge in [-0.3, -0.25) is 0 Å². The Bertz CT molecular complexity index is 3820. The molecule has 0 bridgehead atoms. The Balaban J connectivity index is 0.00000641. The summed E-state index contributed by atoms with van der Waals surface area (Å²) in [6.45, 7) is 12.5. The van der Waals surface area contributed by atoms with Gasteiger partial charge < -0.3 is 14.4 Å². The number of aromatic nitrogens is 2. The zero-order valence-electron chi connectivity index (χ0n) is 46.3. The van der Waals surface area contributed by atoms with Crippen molar-refractivity contribution < 1.29 is 34.8 Å². The average molecular weight is 1030 g/mol. The van der Waals surface area contributed by atoms with E-state index in [1.54, 1.807) is 24.4 Å². The predicted octanol–water partition coefficient (Wildman–Crippen LogP) is 15.4. The van der Waals surface area contributed by atoms with Gasteiger partial charge in [0.05, 0.1) is 13.7 Å². The molecule has 11 rings (SSSR count). The molecule has 65 heavy (non-hydrogen) atoms. The topological polar surface area (TPSA) is 24.3 Å². The van der Waals surface area contributed by atoms with Gasteiger partial charge in [-0.05, 0) is 89.7 Å². The summed E-state index contributed by atoms with van der Waals surface area (Å²) in [5.74, 6) is 0.779. The van der Waals surface area contributed by atoms with Crippen LogP contribution in [0.2, 0.25) is 0 Å². The summed E-state index contributed by atoms with van der Waals surface area (Å²) in [5.41, 5.74) is 10.7. The number of benzene rings is 8. The summed E-state index contributed by atoms with van der Waals surface area (Å²) in [4.78, 5) is 8.57. The van der Waals surface area contributed by atoms with Crippen LogP contribution < -0.4 is 9.80 Å². The predicted molar refractivity (Wildman–Crippen MR) is 267 cm³/mol. The van der Waals surface area contributed by atoms with Gasteiger partial charge in [-0.25, -0.2) is 4.98 Å². The van der Waals surface area contributed by atoms with Crippen molar-refractivity contribution in [3.63, 3.8) is 0 Å². The van der Waals surface area contributed by atoms with E-state index in [4.69, 9.17) is 18.7 Å². The summed E-state index contributed by atoms with van der Waals surface area (Å²) in [5, 5.41) is 2.14. The molecule has 5 heteroatoms. The van der Waals surface area contributed by atoms with E-state index >= 15 is 0 Å². The summed E-state index contributed by atoms with van der Waals surface area (Å²) in [6.07, 6.45) is 1.79. The first kappa shape index (κ1) is 31.8. The molecule has 0 N–H and O–H groups in total. The Morgan fingerprint density at radius 2 is 1.22 bits per heavy atom. The van der Waals surface area contributed by atoms with Crippen LogP contribution in [-0.4, -0.2) is 9.55 Å². The Labute approximate surface area is 410 Å². The molecule has 0 spiro atoms. The van der Waals surface area contributed by atoms with Crippen LogP contribution in [0.5, 0.6) is 0 Å². The number of hydrogen-bond donors (Lipinski definition) is 0. The monoisotopic (exact) mass is 1030 g/mol. The first-order valence-corrected chi connectivity index (χ1v) is 21.2. The molecule has 3 heterocycles. The molecule has 0 fully saturated rings. The maximum Gasteiger partial charge on any atom is 0.135 e. The molecule has 1 aliphatic heterocycles. The number of rotatable bonds is 8. The molecule has 320 valence electrons. The number of aryl methyl sites for hydroxylation is 3. The van der Waals surface area contributed by atoms with E-state index in [-0.39, 0.29) is 49.0 Å². The molecule has 1 aliphatic rings. The van der Waals surface area contributed by atoms with Crippen LogP contribution >= 0.6 is 0 Å². The van der Waals surface area contributed by atoms with Crippen molar-refractivity contribution >= 4 is 44.6 Å². The first-order valence-electron chi connectivity index (χ1n) is 26.2. The second kappa shape index (κ2) is 16.8. The van der Waals surface area contributed by atoms with Crippen LogP contribution in [0.25, 0.3) is 61.0 Å². The molecule has 0 unspecified atom stereocenters.